The number of carbonyl (C=O) groups is 1. The van der Waals surface area contributed by atoms with Crippen molar-refractivity contribution in [3.8, 4) is 5.75 Å². The molecule has 138 valence electrons. The Bertz CT molecular complexity index is 925. The second kappa shape index (κ2) is 7.37. The van der Waals surface area contributed by atoms with Crippen LogP contribution >= 0.6 is 0 Å². The molecule has 0 bridgehead atoms. The van der Waals surface area contributed by atoms with E-state index in [1.165, 1.54) is 12.7 Å². The van der Waals surface area contributed by atoms with Gasteiger partial charge in [-0.25, -0.2) is 8.42 Å². The van der Waals surface area contributed by atoms with Crippen molar-refractivity contribution in [2.24, 2.45) is 0 Å². The number of amides is 1. The number of carbonyl (C=O) groups excluding carboxylic acids is 1. The van der Waals surface area contributed by atoms with E-state index < -0.39 is 10.0 Å². The van der Waals surface area contributed by atoms with E-state index in [9.17, 15) is 13.2 Å². The summed E-state index contributed by atoms with van der Waals surface area (Å²) < 4.78 is 30.8. The number of aryl methyl sites for hydroxylation is 1. The Morgan fingerprint density at radius 3 is 2.65 bits per heavy atom. The summed E-state index contributed by atoms with van der Waals surface area (Å²) in [6, 6.07) is 12.8. The summed E-state index contributed by atoms with van der Waals surface area (Å²) in [6.07, 6.45) is 3.75. The number of hydrogen-bond acceptors (Lipinski definition) is 4. The first-order valence-electron chi connectivity index (χ1n) is 8.42. The van der Waals surface area contributed by atoms with Gasteiger partial charge in [0, 0.05) is 6.07 Å². The third kappa shape index (κ3) is 4.16. The van der Waals surface area contributed by atoms with Gasteiger partial charge in [0.25, 0.3) is 0 Å². The van der Waals surface area contributed by atoms with Crippen molar-refractivity contribution in [2.45, 2.75) is 25.2 Å². The molecule has 2 aromatic rings. The molecule has 0 saturated carbocycles. The highest BCUT2D eigenvalue weighted by atomic mass is 32.2. The molecule has 1 atom stereocenters. The number of rotatable bonds is 5. The Balaban J connectivity index is 1.90. The van der Waals surface area contributed by atoms with Crippen LogP contribution < -0.4 is 14.8 Å². The molecule has 3 rings (SSSR count). The maximum Gasteiger partial charge on any atom is 0.231 e. The van der Waals surface area contributed by atoms with Crippen molar-refractivity contribution in [1.82, 2.24) is 0 Å². The SMILES string of the molecule is COc1ccc(NS(C)(=O)=O)c(NC(=O)[C@H]2CCCc3ccccc32)c1. The van der Waals surface area contributed by atoms with Gasteiger partial charge in [0.15, 0.2) is 0 Å². The van der Waals surface area contributed by atoms with Crippen molar-refractivity contribution in [2.75, 3.05) is 23.4 Å². The number of methoxy groups -OCH3 is 1. The minimum atomic E-state index is -3.47. The van der Waals surface area contributed by atoms with Crippen LogP contribution in [-0.4, -0.2) is 27.7 Å². The lowest BCUT2D eigenvalue weighted by atomic mass is 9.82. The number of hydrogen-bond donors (Lipinski definition) is 2. The van der Waals surface area contributed by atoms with Gasteiger partial charge in [-0.2, -0.15) is 0 Å². The lowest BCUT2D eigenvalue weighted by Gasteiger charge is -2.25. The van der Waals surface area contributed by atoms with Gasteiger partial charge in [-0.1, -0.05) is 24.3 Å². The second-order valence-electron chi connectivity index (χ2n) is 6.42. The molecule has 6 nitrogen and oxygen atoms in total. The largest absolute Gasteiger partial charge is 0.497 e. The van der Waals surface area contributed by atoms with E-state index in [2.05, 4.69) is 16.1 Å². The number of anilines is 2. The van der Waals surface area contributed by atoms with Crippen LogP contribution in [0.4, 0.5) is 11.4 Å². The van der Waals surface area contributed by atoms with Gasteiger partial charge in [0.1, 0.15) is 5.75 Å². The zero-order valence-electron chi connectivity index (χ0n) is 14.8. The van der Waals surface area contributed by atoms with Crippen LogP contribution in [0.2, 0.25) is 0 Å². The topological polar surface area (TPSA) is 84.5 Å². The molecule has 0 aromatic heterocycles. The van der Waals surface area contributed by atoms with E-state index in [-0.39, 0.29) is 11.8 Å². The molecule has 26 heavy (non-hydrogen) atoms. The average molecular weight is 374 g/mol. The fourth-order valence-electron chi connectivity index (χ4n) is 3.29. The number of fused-ring (bicyclic) bond motifs is 1. The molecule has 0 spiro atoms. The van der Waals surface area contributed by atoms with E-state index in [1.54, 1.807) is 18.2 Å². The highest BCUT2D eigenvalue weighted by Crippen LogP contribution is 2.34. The van der Waals surface area contributed by atoms with Crippen LogP contribution in [0, 0.1) is 0 Å². The smallest absolute Gasteiger partial charge is 0.231 e. The van der Waals surface area contributed by atoms with E-state index in [4.69, 9.17) is 4.74 Å². The first kappa shape index (κ1) is 18.3. The lowest BCUT2D eigenvalue weighted by Crippen LogP contribution is -2.25. The summed E-state index contributed by atoms with van der Waals surface area (Å²) in [5.41, 5.74) is 2.92. The van der Waals surface area contributed by atoms with Gasteiger partial charge in [-0.15, -0.1) is 0 Å². The third-order valence-corrected chi connectivity index (χ3v) is 5.06. The molecule has 0 radical (unpaired) electrons. The second-order valence-corrected chi connectivity index (χ2v) is 8.17. The molecule has 0 unspecified atom stereocenters. The summed E-state index contributed by atoms with van der Waals surface area (Å²) in [5, 5.41) is 2.87. The maximum absolute atomic E-state index is 12.9. The Labute approximate surface area is 153 Å². The Morgan fingerprint density at radius 1 is 1.15 bits per heavy atom. The monoisotopic (exact) mass is 374 g/mol. The zero-order valence-corrected chi connectivity index (χ0v) is 15.6. The molecule has 1 amide bonds. The Kier molecular flexibility index (Phi) is 5.18. The predicted octanol–water partition coefficient (Wildman–Crippen LogP) is 3.13. The van der Waals surface area contributed by atoms with Crippen molar-refractivity contribution in [3.05, 3.63) is 53.6 Å². The first-order chi connectivity index (χ1) is 12.4. The van der Waals surface area contributed by atoms with E-state index in [0.29, 0.717) is 17.1 Å². The van der Waals surface area contributed by atoms with Crippen LogP contribution in [-0.2, 0) is 21.2 Å². The molecule has 0 aliphatic heterocycles. The van der Waals surface area contributed by atoms with Crippen LogP contribution in [0.25, 0.3) is 0 Å². The zero-order chi connectivity index (χ0) is 18.7. The molecule has 2 aromatic carbocycles. The van der Waals surface area contributed by atoms with Crippen LogP contribution in [0.3, 0.4) is 0 Å². The van der Waals surface area contributed by atoms with Crippen molar-refractivity contribution in [3.63, 3.8) is 0 Å². The molecule has 1 aliphatic rings. The molecule has 0 heterocycles. The van der Waals surface area contributed by atoms with E-state index in [1.807, 2.05) is 18.2 Å². The average Bonchev–Trinajstić information content (AvgIpc) is 2.61. The summed E-state index contributed by atoms with van der Waals surface area (Å²) in [4.78, 5) is 12.9. The highest BCUT2D eigenvalue weighted by Gasteiger charge is 2.27. The maximum atomic E-state index is 12.9. The fourth-order valence-corrected chi connectivity index (χ4v) is 3.87. The van der Waals surface area contributed by atoms with Crippen molar-refractivity contribution in [1.29, 1.82) is 0 Å². The Hall–Kier alpha value is -2.54. The van der Waals surface area contributed by atoms with E-state index in [0.717, 1.165) is 31.1 Å². The van der Waals surface area contributed by atoms with Crippen molar-refractivity contribution < 1.29 is 17.9 Å². The first-order valence-corrected chi connectivity index (χ1v) is 10.3. The van der Waals surface area contributed by atoms with Gasteiger partial charge in [0.2, 0.25) is 15.9 Å². The molecule has 1 aliphatic carbocycles. The molecule has 7 heteroatoms. The number of sulfonamides is 1. The number of ether oxygens (including phenoxy) is 1. The van der Waals surface area contributed by atoms with Gasteiger partial charge in [-0.05, 0) is 42.5 Å². The van der Waals surface area contributed by atoms with Gasteiger partial charge in [-0.3, -0.25) is 9.52 Å². The minimum Gasteiger partial charge on any atom is -0.497 e. The molecule has 2 N–H and O–H groups in total. The summed E-state index contributed by atoms with van der Waals surface area (Å²) in [5.74, 6) is 0.127. The summed E-state index contributed by atoms with van der Waals surface area (Å²) in [7, 11) is -1.95. The standard InChI is InChI=1S/C19H22N2O4S/c1-25-14-10-11-17(21-26(2,23)24)18(12-14)20-19(22)16-9-5-7-13-6-3-4-8-15(13)16/h3-4,6,8,10-12,16,21H,5,7,9H2,1-2H3,(H,20,22)/t16-/m0/s1. The quantitative estimate of drug-likeness (QED) is 0.842. The summed E-state index contributed by atoms with van der Waals surface area (Å²) in [6.45, 7) is 0. The molecule has 0 fully saturated rings. The number of benzene rings is 2. The van der Waals surface area contributed by atoms with Crippen LogP contribution in [0.5, 0.6) is 5.75 Å². The van der Waals surface area contributed by atoms with Gasteiger partial charge in [0.05, 0.1) is 30.7 Å². The van der Waals surface area contributed by atoms with Gasteiger partial charge >= 0.3 is 0 Å². The normalized spacial score (nSPS) is 16.5. The predicted molar refractivity (Wildman–Crippen MR) is 102 cm³/mol. The summed E-state index contributed by atoms with van der Waals surface area (Å²) >= 11 is 0. The van der Waals surface area contributed by atoms with E-state index >= 15 is 0 Å². The van der Waals surface area contributed by atoms with Crippen molar-refractivity contribution >= 4 is 27.3 Å². The highest BCUT2D eigenvalue weighted by molar-refractivity contribution is 7.92. The third-order valence-electron chi connectivity index (χ3n) is 4.47. The molecular formula is C19H22N2O4S. The fraction of sp³-hybridized carbons (Fsp3) is 0.316. The number of nitrogens with one attached hydrogen (secondary N) is 2. The van der Waals surface area contributed by atoms with Gasteiger partial charge < -0.3 is 10.1 Å². The van der Waals surface area contributed by atoms with Crippen LogP contribution in [0.1, 0.15) is 29.9 Å². The lowest BCUT2D eigenvalue weighted by molar-refractivity contribution is -0.117. The molecule has 0 saturated heterocycles. The Morgan fingerprint density at radius 2 is 1.92 bits per heavy atom. The molecular weight excluding hydrogens is 352 g/mol. The minimum absolute atomic E-state index is 0.151. The van der Waals surface area contributed by atoms with Crippen LogP contribution in [0.15, 0.2) is 42.5 Å².